The van der Waals surface area contributed by atoms with Crippen molar-refractivity contribution in [3.05, 3.63) is 64.2 Å². The lowest BCUT2D eigenvalue weighted by atomic mass is 10.0. The molecule has 0 aromatic heterocycles. The second-order valence-electron chi connectivity index (χ2n) is 4.61. The minimum Gasteiger partial charge on any atom is -0.481 e. The molecule has 2 aromatic rings. The minimum atomic E-state index is -0.823. The van der Waals surface area contributed by atoms with Crippen LogP contribution in [0.2, 0.25) is 5.02 Å². The molecule has 2 aromatic carbocycles. The number of carboxylic acids is 1. The smallest absolute Gasteiger partial charge is 0.307 e. The average Bonchev–Trinajstić information content (AvgIpc) is 2.41. The lowest BCUT2D eigenvalue weighted by molar-refractivity contribution is -0.136. The Balaban J connectivity index is 2.15. The highest BCUT2D eigenvalue weighted by atomic mass is 35.5. The number of nitrogens with one attached hydrogen (secondary N) is 1. The number of halogens is 1. The van der Waals surface area contributed by atoms with Crippen LogP contribution >= 0.6 is 11.6 Å². The summed E-state index contributed by atoms with van der Waals surface area (Å²) in [4.78, 5) is 10.9. The van der Waals surface area contributed by atoms with E-state index >= 15 is 0 Å². The van der Waals surface area contributed by atoms with Crippen LogP contribution in [0.25, 0.3) is 0 Å². The van der Waals surface area contributed by atoms with Crippen LogP contribution < -0.4 is 5.32 Å². The van der Waals surface area contributed by atoms with Gasteiger partial charge in [0.1, 0.15) is 0 Å². The number of hydrogen-bond acceptors (Lipinski definition) is 2. The number of rotatable bonds is 5. The molecule has 0 bridgehead atoms. The summed E-state index contributed by atoms with van der Waals surface area (Å²) >= 11 is 6.08. The summed E-state index contributed by atoms with van der Waals surface area (Å²) in [5, 5.41) is 12.9. The highest BCUT2D eigenvalue weighted by Crippen LogP contribution is 2.23. The normalized spacial score (nSPS) is 10.3. The Morgan fingerprint density at radius 3 is 2.55 bits per heavy atom. The maximum Gasteiger partial charge on any atom is 0.307 e. The topological polar surface area (TPSA) is 49.3 Å². The monoisotopic (exact) mass is 289 g/mol. The number of hydrogen-bond donors (Lipinski definition) is 2. The summed E-state index contributed by atoms with van der Waals surface area (Å²) in [6, 6.07) is 13.2. The quantitative estimate of drug-likeness (QED) is 0.878. The first-order valence-corrected chi connectivity index (χ1v) is 6.73. The van der Waals surface area contributed by atoms with Crippen molar-refractivity contribution < 1.29 is 9.90 Å². The average molecular weight is 290 g/mol. The lowest BCUT2D eigenvalue weighted by Gasteiger charge is -2.13. The van der Waals surface area contributed by atoms with Gasteiger partial charge in [-0.25, -0.2) is 0 Å². The van der Waals surface area contributed by atoms with E-state index in [1.807, 2.05) is 49.4 Å². The summed E-state index contributed by atoms with van der Waals surface area (Å²) in [7, 11) is 0. The standard InChI is InChI=1S/C16H16ClNO2/c1-11-14(17)7-4-8-15(11)18-10-13-6-3-2-5-12(13)9-16(19)20/h2-8,18H,9-10H2,1H3,(H,19,20). The van der Waals surface area contributed by atoms with E-state index in [1.54, 1.807) is 0 Å². The second-order valence-corrected chi connectivity index (χ2v) is 5.01. The maximum absolute atomic E-state index is 10.9. The van der Waals surface area contributed by atoms with Gasteiger partial charge in [0.05, 0.1) is 6.42 Å². The molecule has 0 saturated carbocycles. The number of anilines is 1. The van der Waals surface area contributed by atoms with Gasteiger partial charge in [0, 0.05) is 17.3 Å². The summed E-state index contributed by atoms with van der Waals surface area (Å²) < 4.78 is 0. The predicted molar refractivity (Wildman–Crippen MR) is 81.3 cm³/mol. The zero-order valence-electron chi connectivity index (χ0n) is 11.2. The molecule has 0 atom stereocenters. The summed E-state index contributed by atoms with van der Waals surface area (Å²) in [5.74, 6) is -0.823. The van der Waals surface area contributed by atoms with Crippen molar-refractivity contribution in [2.24, 2.45) is 0 Å². The molecule has 0 radical (unpaired) electrons. The molecule has 0 aliphatic heterocycles. The van der Waals surface area contributed by atoms with Crippen LogP contribution in [0.3, 0.4) is 0 Å². The first-order chi connectivity index (χ1) is 9.58. The zero-order valence-corrected chi connectivity index (χ0v) is 11.9. The fourth-order valence-electron chi connectivity index (χ4n) is 2.05. The molecule has 2 N–H and O–H groups in total. The molecule has 3 nitrogen and oxygen atoms in total. The van der Waals surface area contributed by atoms with Gasteiger partial charge in [-0.3, -0.25) is 4.79 Å². The molecule has 104 valence electrons. The van der Waals surface area contributed by atoms with Gasteiger partial charge >= 0.3 is 5.97 Å². The first kappa shape index (κ1) is 14.4. The van der Waals surface area contributed by atoms with E-state index in [2.05, 4.69) is 5.32 Å². The van der Waals surface area contributed by atoms with E-state index in [1.165, 1.54) is 0 Å². The SMILES string of the molecule is Cc1c(Cl)cccc1NCc1ccccc1CC(=O)O. The third kappa shape index (κ3) is 3.52. The Hall–Kier alpha value is -2.00. The van der Waals surface area contributed by atoms with Crippen LogP contribution in [0.1, 0.15) is 16.7 Å². The number of benzene rings is 2. The number of aliphatic carboxylic acids is 1. The van der Waals surface area contributed by atoms with Crippen molar-refractivity contribution >= 4 is 23.3 Å². The Morgan fingerprint density at radius 1 is 1.15 bits per heavy atom. The largest absolute Gasteiger partial charge is 0.481 e. The van der Waals surface area contributed by atoms with Gasteiger partial charge in [-0.1, -0.05) is 41.9 Å². The number of carboxylic acid groups (broad SMARTS) is 1. The Morgan fingerprint density at radius 2 is 1.85 bits per heavy atom. The zero-order chi connectivity index (χ0) is 14.5. The molecule has 0 saturated heterocycles. The fourth-order valence-corrected chi connectivity index (χ4v) is 2.23. The lowest BCUT2D eigenvalue weighted by Crippen LogP contribution is -2.07. The van der Waals surface area contributed by atoms with Crippen LogP contribution in [0.5, 0.6) is 0 Å². The molecule has 0 aliphatic rings. The highest BCUT2D eigenvalue weighted by molar-refractivity contribution is 6.31. The maximum atomic E-state index is 10.9. The summed E-state index contributed by atoms with van der Waals surface area (Å²) in [5.41, 5.74) is 3.76. The van der Waals surface area contributed by atoms with Crippen molar-refractivity contribution in [2.75, 3.05) is 5.32 Å². The van der Waals surface area contributed by atoms with Gasteiger partial charge in [-0.2, -0.15) is 0 Å². The molecule has 0 heterocycles. The van der Waals surface area contributed by atoms with Gasteiger partial charge in [-0.15, -0.1) is 0 Å². The van der Waals surface area contributed by atoms with Gasteiger partial charge in [0.2, 0.25) is 0 Å². The summed E-state index contributed by atoms with van der Waals surface area (Å²) in [6.45, 7) is 2.53. The molecule has 0 fully saturated rings. The van der Waals surface area contributed by atoms with Crippen molar-refractivity contribution in [1.82, 2.24) is 0 Å². The Labute approximate surface area is 123 Å². The van der Waals surface area contributed by atoms with E-state index in [0.29, 0.717) is 11.6 Å². The third-order valence-electron chi connectivity index (χ3n) is 3.20. The van der Waals surface area contributed by atoms with Crippen LogP contribution in [-0.4, -0.2) is 11.1 Å². The van der Waals surface area contributed by atoms with E-state index in [4.69, 9.17) is 16.7 Å². The Bertz CT molecular complexity index is 626. The van der Waals surface area contributed by atoms with E-state index in [0.717, 1.165) is 22.4 Å². The third-order valence-corrected chi connectivity index (χ3v) is 3.61. The van der Waals surface area contributed by atoms with Crippen molar-refractivity contribution in [1.29, 1.82) is 0 Å². The summed E-state index contributed by atoms with van der Waals surface area (Å²) in [6.07, 6.45) is 0.0341. The van der Waals surface area contributed by atoms with E-state index in [-0.39, 0.29) is 6.42 Å². The van der Waals surface area contributed by atoms with E-state index in [9.17, 15) is 4.79 Å². The fraction of sp³-hybridized carbons (Fsp3) is 0.188. The molecule has 0 aliphatic carbocycles. The van der Waals surface area contributed by atoms with Gasteiger partial charge in [0.15, 0.2) is 0 Å². The molecule has 2 rings (SSSR count). The van der Waals surface area contributed by atoms with Crippen molar-refractivity contribution in [3.63, 3.8) is 0 Å². The molecular weight excluding hydrogens is 274 g/mol. The molecule has 0 amide bonds. The van der Waals surface area contributed by atoms with Crippen LogP contribution in [-0.2, 0) is 17.8 Å². The molecule has 20 heavy (non-hydrogen) atoms. The first-order valence-electron chi connectivity index (χ1n) is 6.35. The van der Waals surface area contributed by atoms with Crippen LogP contribution in [0.15, 0.2) is 42.5 Å². The highest BCUT2D eigenvalue weighted by Gasteiger charge is 2.07. The second kappa shape index (κ2) is 6.44. The van der Waals surface area contributed by atoms with Crippen LogP contribution in [0.4, 0.5) is 5.69 Å². The molecular formula is C16H16ClNO2. The van der Waals surface area contributed by atoms with Gasteiger partial charge in [-0.05, 0) is 35.7 Å². The van der Waals surface area contributed by atoms with Crippen molar-refractivity contribution in [2.45, 2.75) is 19.9 Å². The van der Waals surface area contributed by atoms with Gasteiger partial charge < -0.3 is 10.4 Å². The van der Waals surface area contributed by atoms with Crippen molar-refractivity contribution in [3.8, 4) is 0 Å². The minimum absolute atomic E-state index is 0.0341. The molecule has 0 unspecified atom stereocenters. The predicted octanol–water partition coefficient (Wildman–Crippen LogP) is 3.89. The van der Waals surface area contributed by atoms with Crippen LogP contribution in [0, 0.1) is 6.92 Å². The molecule has 4 heteroatoms. The van der Waals surface area contributed by atoms with Gasteiger partial charge in [0.25, 0.3) is 0 Å². The number of carbonyl (C=O) groups is 1. The molecule has 0 spiro atoms. The Kier molecular flexibility index (Phi) is 4.64. The van der Waals surface area contributed by atoms with E-state index < -0.39 is 5.97 Å².